The van der Waals surface area contributed by atoms with E-state index in [9.17, 15) is 24.8 Å². The quantitative estimate of drug-likeness (QED) is 0.0858. The van der Waals surface area contributed by atoms with Crippen LogP contribution in [0.15, 0.2) is 77.4 Å². The Morgan fingerprint density at radius 1 is 1.00 bits per heavy atom. The number of nitro groups is 1. The summed E-state index contributed by atoms with van der Waals surface area (Å²) in [4.78, 5) is 44.5. The fourth-order valence-corrected chi connectivity index (χ4v) is 5.17. The number of hydrogen-bond donors (Lipinski definition) is 4. The lowest BCUT2D eigenvalue weighted by Gasteiger charge is -2.15. The van der Waals surface area contributed by atoms with E-state index in [1.165, 1.54) is 25.0 Å². The summed E-state index contributed by atoms with van der Waals surface area (Å²) in [7, 11) is 0. The van der Waals surface area contributed by atoms with Gasteiger partial charge in [-0.05, 0) is 61.3 Å². The average molecular weight is 551 g/mol. The van der Waals surface area contributed by atoms with Crippen molar-refractivity contribution < 1.29 is 19.6 Å². The molecule has 206 valence electrons. The molecule has 11 nitrogen and oxygen atoms in total. The van der Waals surface area contributed by atoms with E-state index in [0.717, 1.165) is 30.8 Å². The zero-order chi connectivity index (χ0) is 28.5. The number of amides is 3. The number of nitrogens with one attached hydrogen (secondary N) is 3. The summed E-state index contributed by atoms with van der Waals surface area (Å²) in [6.45, 7) is 3.02. The first-order valence-corrected chi connectivity index (χ1v) is 13.2. The van der Waals surface area contributed by atoms with Crippen molar-refractivity contribution in [1.82, 2.24) is 20.5 Å². The number of urea groups is 1. The molecule has 11 heteroatoms. The van der Waals surface area contributed by atoms with Gasteiger partial charge in [-0.1, -0.05) is 36.4 Å². The topological polar surface area (TPSA) is 153 Å². The Kier molecular flexibility index (Phi) is 6.78. The Bertz CT molecular complexity index is 1730. The van der Waals surface area contributed by atoms with Gasteiger partial charge in [-0.25, -0.2) is 9.79 Å². The van der Waals surface area contributed by atoms with Crippen LogP contribution in [0, 0.1) is 10.1 Å². The third kappa shape index (κ3) is 5.43. The second kappa shape index (κ2) is 10.7. The molecule has 1 aromatic heterocycles. The number of imide groups is 1. The van der Waals surface area contributed by atoms with Crippen molar-refractivity contribution in [2.45, 2.75) is 19.4 Å². The number of non-ortho nitro benzene ring substituents is 1. The lowest BCUT2D eigenvalue weighted by Crippen LogP contribution is -2.22. The fourth-order valence-electron chi connectivity index (χ4n) is 5.17. The summed E-state index contributed by atoms with van der Waals surface area (Å²) in [6.07, 6.45) is 3.97. The standard InChI is InChI=1S/C30H26N6O5/c37-28-25(33-30(39)34-28)15-18-5-9-21(10-6-18)31-27(20-7-3-19(4-8-20)17-35-13-1-2-14-35)26-23-16-22(36(40)41)11-12-24(23)32-29(26)38/h3-12,15-16,32,38H,1-2,13-14,17H2,(H2,33,34,37,39)/b25-15-,31-27?. The van der Waals surface area contributed by atoms with Gasteiger partial charge in [-0.3, -0.25) is 25.1 Å². The summed E-state index contributed by atoms with van der Waals surface area (Å²) < 4.78 is 0. The van der Waals surface area contributed by atoms with E-state index >= 15 is 0 Å². The molecule has 2 saturated heterocycles. The van der Waals surface area contributed by atoms with Gasteiger partial charge in [-0.2, -0.15) is 0 Å². The summed E-state index contributed by atoms with van der Waals surface area (Å²) in [5.74, 6) is -0.652. The van der Waals surface area contributed by atoms with Gasteiger partial charge in [0.15, 0.2) is 5.88 Å². The molecule has 4 aromatic rings. The van der Waals surface area contributed by atoms with E-state index in [1.54, 1.807) is 36.4 Å². The first-order chi connectivity index (χ1) is 19.8. The van der Waals surface area contributed by atoms with Crippen LogP contribution in [-0.4, -0.2) is 50.7 Å². The number of H-pyrrole nitrogens is 1. The molecule has 2 fully saturated rings. The number of nitro benzene ring substituents is 1. The van der Waals surface area contributed by atoms with Crippen molar-refractivity contribution in [3.8, 4) is 5.88 Å². The summed E-state index contributed by atoms with van der Waals surface area (Å²) in [6, 6.07) is 18.8. The molecule has 4 N–H and O–H groups in total. The van der Waals surface area contributed by atoms with E-state index < -0.39 is 16.9 Å². The van der Waals surface area contributed by atoms with Crippen LogP contribution in [0.25, 0.3) is 17.0 Å². The molecule has 0 radical (unpaired) electrons. The third-order valence-electron chi connectivity index (χ3n) is 7.21. The monoisotopic (exact) mass is 550 g/mol. The van der Waals surface area contributed by atoms with Crippen molar-refractivity contribution in [2.75, 3.05) is 13.1 Å². The molecular formula is C30H26N6O5. The van der Waals surface area contributed by atoms with Gasteiger partial charge >= 0.3 is 6.03 Å². The van der Waals surface area contributed by atoms with Crippen LogP contribution in [0.3, 0.4) is 0 Å². The number of benzene rings is 3. The Labute approximate surface area is 234 Å². The number of likely N-dealkylation sites (tertiary alicyclic amines) is 1. The van der Waals surface area contributed by atoms with Gasteiger partial charge in [-0.15, -0.1) is 0 Å². The van der Waals surface area contributed by atoms with Crippen LogP contribution in [0.5, 0.6) is 5.88 Å². The van der Waals surface area contributed by atoms with Crippen LogP contribution in [0.1, 0.15) is 35.1 Å². The van der Waals surface area contributed by atoms with Crippen LogP contribution in [0.4, 0.5) is 16.2 Å². The van der Waals surface area contributed by atoms with Crippen molar-refractivity contribution in [3.05, 3.63) is 105 Å². The number of carbonyl (C=O) groups is 2. The lowest BCUT2D eigenvalue weighted by atomic mass is 9.99. The molecule has 0 unspecified atom stereocenters. The largest absolute Gasteiger partial charge is 0.494 e. The maximum absolute atomic E-state index is 11.9. The molecule has 2 aliphatic rings. The number of aliphatic imine (C=N–C) groups is 1. The average Bonchev–Trinajstić information content (AvgIpc) is 3.67. The van der Waals surface area contributed by atoms with Gasteiger partial charge in [0, 0.05) is 35.1 Å². The van der Waals surface area contributed by atoms with E-state index in [-0.39, 0.29) is 17.3 Å². The second-order valence-electron chi connectivity index (χ2n) is 10.0. The SMILES string of the molecule is O=C1NC(=O)/C(=C/c2ccc(N=C(c3ccc(CN4CCCC4)cc3)c3c(O)[nH]c4ccc([N+](=O)[O-])cc34)cc2)N1. The Morgan fingerprint density at radius 3 is 2.39 bits per heavy atom. The van der Waals surface area contributed by atoms with Crippen molar-refractivity contribution in [3.63, 3.8) is 0 Å². The van der Waals surface area contributed by atoms with Gasteiger partial charge in [0.25, 0.3) is 11.6 Å². The minimum Gasteiger partial charge on any atom is -0.494 e. The molecule has 3 amide bonds. The molecule has 0 saturated carbocycles. The molecule has 0 bridgehead atoms. The molecule has 0 aliphatic carbocycles. The maximum atomic E-state index is 11.9. The van der Waals surface area contributed by atoms with Crippen LogP contribution in [0.2, 0.25) is 0 Å². The molecule has 3 aromatic carbocycles. The number of aromatic hydroxyl groups is 1. The highest BCUT2D eigenvalue weighted by Gasteiger charge is 2.23. The normalized spacial score (nSPS) is 16.9. The van der Waals surface area contributed by atoms with Gasteiger partial charge < -0.3 is 15.4 Å². The van der Waals surface area contributed by atoms with Crippen LogP contribution >= 0.6 is 0 Å². The Morgan fingerprint density at radius 2 is 1.73 bits per heavy atom. The molecule has 2 aliphatic heterocycles. The summed E-state index contributed by atoms with van der Waals surface area (Å²) in [5, 5.41) is 27.6. The maximum Gasteiger partial charge on any atom is 0.326 e. The van der Waals surface area contributed by atoms with Gasteiger partial charge in [0.1, 0.15) is 5.70 Å². The first-order valence-electron chi connectivity index (χ1n) is 13.2. The van der Waals surface area contributed by atoms with E-state index in [2.05, 4.69) is 20.5 Å². The molecule has 0 spiro atoms. The fraction of sp³-hybridized carbons (Fsp3) is 0.167. The minimum absolute atomic E-state index is 0.0986. The lowest BCUT2D eigenvalue weighted by molar-refractivity contribution is -0.384. The van der Waals surface area contributed by atoms with Crippen LogP contribution < -0.4 is 10.6 Å². The second-order valence-corrected chi connectivity index (χ2v) is 10.0. The Hall–Kier alpha value is -5.29. The molecule has 41 heavy (non-hydrogen) atoms. The van der Waals surface area contributed by atoms with Crippen LogP contribution in [-0.2, 0) is 11.3 Å². The predicted molar refractivity (Wildman–Crippen MR) is 154 cm³/mol. The highest BCUT2D eigenvalue weighted by molar-refractivity contribution is 6.22. The van der Waals surface area contributed by atoms with Gasteiger partial charge in [0.05, 0.1) is 21.9 Å². The van der Waals surface area contributed by atoms with E-state index in [0.29, 0.717) is 33.4 Å². The minimum atomic E-state index is -0.572. The summed E-state index contributed by atoms with van der Waals surface area (Å²) in [5.41, 5.74) is 4.51. The molecule has 6 rings (SSSR count). The van der Waals surface area contributed by atoms with E-state index in [4.69, 9.17) is 4.99 Å². The smallest absolute Gasteiger partial charge is 0.326 e. The third-order valence-corrected chi connectivity index (χ3v) is 7.21. The molecule has 0 atom stereocenters. The Balaban J connectivity index is 1.41. The van der Waals surface area contributed by atoms with Crippen molar-refractivity contribution in [2.24, 2.45) is 4.99 Å². The van der Waals surface area contributed by atoms with Crippen molar-refractivity contribution in [1.29, 1.82) is 0 Å². The number of nitrogens with zero attached hydrogens (tertiary/aromatic N) is 3. The first kappa shape index (κ1) is 26.0. The zero-order valence-electron chi connectivity index (χ0n) is 21.9. The summed E-state index contributed by atoms with van der Waals surface area (Å²) >= 11 is 0. The number of rotatable bonds is 7. The van der Waals surface area contributed by atoms with E-state index in [1.807, 2.05) is 24.3 Å². The number of fused-ring (bicyclic) bond motifs is 1. The molecule has 3 heterocycles. The number of carbonyl (C=O) groups excluding carboxylic acids is 2. The van der Waals surface area contributed by atoms with Gasteiger partial charge in [0.2, 0.25) is 0 Å². The molecular weight excluding hydrogens is 524 g/mol. The number of aromatic nitrogens is 1. The number of aromatic amines is 1. The highest BCUT2D eigenvalue weighted by atomic mass is 16.6. The number of hydrogen-bond acceptors (Lipinski definition) is 7. The highest BCUT2D eigenvalue weighted by Crippen LogP contribution is 2.34. The predicted octanol–water partition coefficient (Wildman–Crippen LogP) is 4.73. The van der Waals surface area contributed by atoms with Crippen molar-refractivity contribution >= 4 is 46.0 Å². The zero-order valence-corrected chi connectivity index (χ0v) is 21.9.